The first-order valence-electron chi connectivity index (χ1n) is 29.8. The number of hydrogen-bond donors (Lipinski definition) is 0. The number of benzene rings is 13. The van der Waals surface area contributed by atoms with Gasteiger partial charge in [0.2, 0.25) is 0 Å². The molecule has 0 saturated heterocycles. The van der Waals surface area contributed by atoms with E-state index in [0.29, 0.717) is 0 Å². The van der Waals surface area contributed by atoms with Crippen LogP contribution in [0.1, 0.15) is 69.5 Å². The molecule has 85 heavy (non-hydrogen) atoms. The van der Waals surface area contributed by atoms with Gasteiger partial charge in [-0.05, 0) is 172 Å². The molecule has 17 rings (SSSR count). The van der Waals surface area contributed by atoms with Gasteiger partial charge in [-0.15, -0.1) is 0 Å². The van der Waals surface area contributed by atoms with Crippen molar-refractivity contribution >= 4 is 34.1 Å². The molecule has 0 aromatic heterocycles. The molecule has 13 aromatic carbocycles. The second kappa shape index (κ2) is 18.7. The second-order valence-corrected chi connectivity index (χ2v) is 23.8. The minimum atomic E-state index is -0.659. The molecular formula is C83H58N2. The number of anilines is 6. The highest BCUT2D eigenvalue weighted by Crippen LogP contribution is 2.65. The summed E-state index contributed by atoms with van der Waals surface area (Å²) in [5, 5.41) is 0. The van der Waals surface area contributed by atoms with Crippen LogP contribution in [-0.4, -0.2) is 0 Å². The molecule has 1 spiro atoms. The maximum atomic E-state index is 2.54. The highest BCUT2D eigenvalue weighted by Gasteiger charge is 2.53. The molecule has 1 atom stereocenters. The van der Waals surface area contributed by atoms with E-state index in [1.807, 2.05) is 0 Å². The summed E-state index contributed by atoms with van der Waals surface area (Å²) < 4.78 is 0. The second-order valence-electron chi connectivity index (χ2n) is 23.8. The summed E-state index contributed by atoms with van der Waals surface area (Å²) in [5.41, 5.74) is 30.7. The van der Waals surface area contributed by atoms with E-state index in [9.17, 15) is 0 Å². The van der Waals surface area contributed by atoms with Crippen LogP contribution < -0.4 is 9.80 Å². The van der Waals surface area contributed by atoms with Crippen LogP contribution in [0.15, 0.2) is 315 Å². The van der Waals surface area contributed by atoms with Crippen molar-refractivity contribution in [1.29, 1.82) is 0 Å². The summed E-state index contributed by atoms with van der Waals surface area (Å²) in [6.45, 7) is 4.77. The Morgan fingerprint density at radius 3 is 1.01 bits per heavy atom. The molecule has 0 N–H and O–H groups in total. The first-order chi connectivity index (χ1) is 41.9. The molecule has 400 valence electrons. The van der Waals surface area contributed by atoms with Crippen LogP contribution in [0.3, 0.4) is 0 Å². The van der Waals surface area contributed by atoms with E-state index in [1.54, 1.807) is 0 Å². The zero-order valence-electron chi connectivity index (χ0n) is 47.4. The van der Waals surface area contributed by atoms with Gasteiger partial charge in [0.1, 0.15) is 0 Å². The Balaban J connectivity index is 0.895. The summed E-state index contributed by atoms with van der Waals surface area (Å²) in [7, 11) is 0. The fraction of sp³-hybridized carbons (Fsp3) is 0.0602. The van der Waals surface area contributed by atoms with Crippen LogP contribution in [-0.2, 0) is 16.2 Å². The SMILES string of the molecule is CC1(C)c2ccccc2-c2ccc(N(c3ccc4c(c3)C3(c5ccccc5-c5ccc(N(c6ccccc6)c6ccc7c(c6)C(c6ccccc6)(c6ccccc6)c6ccccc6-7)cc53)c3ccccc3-4)c3ccccc3-c3ccccc3)cc21. The van der Waals surface area contributed by atoms with Crippen LogP contribution in [0.4, 0.5) is 34.1 Å². The zero-order valence-corrected chi connectivity index (χ0v) is 47.4. The van der Waals surface area contributed by atoms with Crippen molar-refractivity contribution in [1.82, 2.24) is 0 Å². The lowest BCUT2D eigenvalue weighted by Gasteiger charge is -2.35. The smallest absolute Gasteiger partial charge is 0.0727 e. The highest BCUT2D eigenvalue weighted by molar-refractivity contribution is 5.99. The molecule has 0 heterocycles. The van der Waals surface area contributed by atoms with Gasteiger partial charge >= 0.3 is 0 Å². The molecule has 4 aliphatic rings. The van der Waals surface area contributed by atoms with Crippen molar-refractivity contribution in [3.8, 4) is 55.6 Å². The summed E-state index contributed by atoms with van der Waals surface area (Å²) in [6.07, 6.45) is 0. The van der Waals surface area contributed by atoms with Gasteiger partial charge in [0.15, 0.2) is 0 Å². The zero-order chi connectivity index (χ0) is 56.4. The molecule has 0 radical (unpaired) electrons. The van der Waals surface area contributed by atoms with Gasteiger partial charge in [0.05, 0.1) is 16.5 Å². The van der Waals surface area contributed by atoms with Gasteiger partial charge in [-0.25, -0.2) is 0 Å². The van der Waals surface area contributed by atoms with Gasteiger partial charge in [-0.3, -0.25) is 0 Å². The average molecular weight is 1080 g/mol. The third-order valence-electron chi connectivity index (χ3n) is 19.3. The lowest BCUT2D eigenvalue weighted by molar-refractivity contribution is 0.660. The lowest BCUT2D eigenvalue weighted by atomic mass is 9.67. The molecule has 0 fully saturated rings. The topological polar surface area (TPSA) is 6.48 Å². The van der Waals surface area contributed by atoms with Gasteiger partial charge in [-0.2, -0.15) is 0 Å². The summed E-state index contributed by atoms with van der Waals surface area (Å²) in [6, 6.07) is 119. The third kappa shape index (κ3) is 6.94. The number of nitrogens with zero attached hydrogens (tertiary/aromatic N) is 2. The van der Waals surface area contributed by atoms with E-state index in [-0.39, 0.29) is 5.41 Å². The molecule has 1 unspecified atom stereocenters. The standard InChI is InChI=1S/C83H58N2/c1-81(2)72-38-20-15-34-64(72)68-47-45-61(51-76(68)81)85(80-42-24-19-33-63(80)55-25-7-3-8-26-55)62-46-50-71-67-37-18-23-41-75(67)83(79(71)54-62)74-40-22-17-36-66(74)70-49-44-60(53-78(70)83)84(58-31-13-6-14-32-58)59-43-48-69-65-35-16-21-39-73(65)82(77(69)52-59,56-27-9-4-10-28-56)57-29-11-5-12-30-57/h3-54H,1-2H3. The number of hydrogen-bond acceptors (Lipinski definition) is 2. The van der Waals surface area contributed by atoms with E-state index < -0.39 is 10.8 Å². The number of fused-ring (bicyclic) bond motifs is 16. The fourth-order valence-electron chi connectivity index (χ4n) is 15.8. The van der Waals surface area contributed by atoms with E-state index in [4.69, 9.17) is 0 Å². The third-order valence-corrected chi connectivity index (χ3v) is 19.3. The first-order valence-corrected chi connectivity index (χ1v) is 29.8. The van der Waals surface area contributed by atoms with Crippen molar-refractivity contribution in [3.05, 3.63) is 371 Å². The van der Waals surface area contributed by atoms with Crippen molar-refractivity contribution in [2.75, 3.05) is 9.80 Å². The Hall–Kier alpha value is -10.5. The van der Waals surface area contributed by atoms with Crippen LogP contribution in [0, 0.1) is 0 Å². The van der Waals surface area contributed by atoms with Crippen molar-refractivity contribution in [2.24, 2.45) is 0 Å². The Bertz CT molecular complexity index is 4760. The van der Waals surface area contributed by atoms with E-state index >= 15 is 0 Å². The fourth-order valence-corrected chi connectivity index (χ4v) is 15.8. The monoisotopic (exact) mass is 1080 g/mol. The molecule has 0 bridgehead atoms. The molecule has 0 saturated carbocycles. The Labute approximate surface area is 497 Å². The van der Waals surface area contributed by atoms with Crippen LogP contribution in [0.25, 0.3) is 55.6 Å². The van der Waals surface area contributed by atoms with Crippen LogP contribution in [0.5, 0.6) is 0 Å². The lowest BCUT2D eigenvalue weighted by Crippen LogP contribution is -2.28. The molecule has 0 amide bonds. The Kier molecular flexibility index (Phi) is 10.8. The van der Waals surface area contributed by atoms with Crippen LogP contribution >= 0.6 is 0 Å². The van der Waals surface area contributed by atoms with Crippen molar-refractivity contribution in [3.63, 3.8) is 0 Å². The van der Waals surface area contributed by atoms with Gasteiger partial charge < -0.3 is 9.80 Å². The molecular weight excluding hydrogens is 1020 g/mol. The molecule has 0 aliphatic heterocycles. The summed E-state index contributed by atoms with van der Waals surface area (Å²) in [5.74, 6) is 0. The van der Waals surface area contributed by atoms with Crippen molar-refractivity contribution < 1.29 is 0 Å². The maximum Gasteiger partial charge on any atom is 0.0727 e. The van der Waals surface area contributed by atoms with Gasteiger partial charge in [0, 0.05) is 39.4 Å². The Morgan fingerprint density at radius 2 is 0.529 bits per heavy atom. The highest BCUT2D eigenvalue weighted by atomic mass is 15.2. The molecule has 13 aromatic rings. The van der Waals surface area contributed by atoms with E-state index in [0.717, 1.165) is 34.1 Å². The van der Waals surface area contributed by atoms with Gasteiger partial charge in [-0.1, -0.05) is 263 Å². The van der Waals surface area contributed by atoms with E-state index in [1.165, 1.54) is 111 Å². The minimum Gasteiger partial charge on any atom is -0.310 e. The van der Waals surface area contributed by atoms with Crippen LogP contribution in [0.2, 0.25) is 0 Å². The normalized spacial score (nSPS) is 15.4. The quantitative estimate of drug-likeness (QED) is 0.142. The first kappa shape index (κ1) is 49.1. The number of rotatable bonds is 9. The predicted octanol–water partition coefficient (Wildman–Crippen LogP) is 21.3. The summed E-state index contributed by atoms with van der Waals surface area (Å²) >= 11 is 0. The summed E-state index contributed by atoms with van der Waals surface area (Å²) in [4.78, 5) is 5.03. The average Bonchev–Trinajstić information content (AvgIpc) is 1.60. The van der Waals surface area contributed by atoms with Gasteiger partial charge in [0.25, 0.3) is 0 Å². The largest absolute Gasteiger partial charge is 0.310 e. The number of para-hydroxylation sites is 2. The maximum absolute atomic E-state index is 2.54. The molecule has 2 nitrogen and oxygen atoms in total. The Morgan fingerprint density at radius 1 is 0.212 bits per heavy atom. The molecule has 4 aliphatic carbocycles. The van der Waals surface area contributed by atoms with E-state index in [2.05, 4.69) is 339 Å². The molecule has 2 heteroatoms. The predicted molar refractivity (Wildman–Crippen MR) is 352 cm³/mol. The van der Waals surface area contributed by atoms with Crippen molar-refractivity contribution in [2.45, 2.75) is 30.1 Å². The minimum absolute atomic E-state index is 0.184.